The van der Waals surface area contributed by atoms with Crippen LogP contribution in [0, 0.1) is 11.8 Å². The van der Waals surface area contributed by atoms with Gasteiger partial charge in [-0.3, -0.25) is 9.59 Å². The fourth-order valence-corrected chi connectivity index (χ4v) is 11.0. The molecule has 0 radical (unpaired) electrons. The van der Waals surface area contributed by atoms with Crippen molar-refractivity contribution in [2.75, 3.05) is 23.9 Å². The van der Waals surface area contributed by atoms with Gasteiger partial charge < -0.3 is 18.9 Å². The number of aliphatic carboxylic acids is 1. The van der Waals surface area contributed by atoms with Gasteiger partial charge in [0.05, 0.1) is 37.4 Å². The Morgan fingerprint density at radius 2 is 1.41 bits per heavy atom. The van der Waals surface area contributed by atoms with Crippen LogP contribution in [0.25, 0.3) is 0 Å². The lowest BCUT2D eigenvalue weighted by molar-refractivity contribution is -0.155. The molecule has 3 heterocycles. The number of carboxylic acid groups (broad SMARTS) is 1. The van der Waals surface area contributed by atoms with Crippen molar-refractivity contribution in [3.8, 4) is 0 Å². The molecule has 0 aromatic carbocycles. The highest BCUT2D eigenvalue weighted by Crippen LogP contribution is 2.33. The van der Waals surface area contributed by atoms with Crippen LogP contribution in [0.3, 0.4) is 0 Å². The molecule has 16 nitrogen and oxygen atoms in total. The van der Waals surface area contributed by atoms with Gasteiger partial charge in [-0.15, -0.1) is 11.6 Å². The lowest BCUT2D eigenvalue weighted by Crippen LogP contribution is -2.26. The lowest BCUT2D eigenvalue weighted by Gasteiger charge is -2.23. The number of halogens is 1. The summed E-state index contributed by atoms with van der Waals surface area (Å²) in [6, 6.07) is 0. The molecule has 0 amide bonds. The SMILES string of the molecule is CC(C)(C)OC(=O)C[C@@H](CCCC1CCCCC1)c1nc(CNS(=O)(=O)CCCCl)no1.O=C(O)C[C@@H](CCCC1CCCCC1)c1nc(CN2CCCS2(=O)=O)no1. The second kappa shape index (κ2) is 24.1. The third kappa shape index (κ3) is 18.5. The molecule has 2 atom stereocenters. The van der Waals surface area contributed by atoms with Gasteiger partial charge in [0.2, 0.25) is 31.8 Å². The predicted octanol–water partition coefficient (Wildman–Crippen LogP) is 7.60. The third-order valence-corrected chi connectivity index (χ3v) is 14.8. The van der Waals surface area contributed by atoms with Gasteiger partial charge in [-0.25, -0.2) is 21.6 Å². The Labute approximate surface area is 355 Å². The molecule has 3 fully saturated rings. The van der Waals surface area contributed by atoms with E-state index in [-0.39, 0.29) is 66.9 Å². The Morgan fingerprint density at radius 1 is 0.864 bits per heavy atom. The van der Waals surface area contributed by atoms with Crippen LogP contribution in [-0.4, -0.2) is 88.0 Å². The number of hydrogen-bond donors (Lipinski definition) is 2. The molecule has 2 N–H and O–H groups in total. The minimum absolute atomic E-state index is 0.0473. The molecule has 2 aromatic rings. The Balaban J connectivity index is 0.000000264. The Morgan fingerprint density at radius 3 is 1.92 bits per heavy atom. The molecule has 0 spiro atoms. The maximum Gasteiger partial charge on any atom is 0.307 e. The molecule has 336 valence electrons. The van der Waals surface area contributed by atoms with E-state index in [0.29, 0.717) is 43.4 Å². The number of nitrogens with one attached hydrogen (secondary N) is 1. The summed E-state index contributed by atoms with van der Waals surface area (Å²) in [5, 5.41) is 17.0. The number of esters is 1. The molecular formula is C40H67ClN6O10S2. The van der Waals surface area contributed by atoms with Crippen LogP contribution in [0.5, 0.6) is 0 Å². The van der Waals surface area contributed by atoms with Crippen LogP contribution in [0.2, 0.25) is 0 Å². The van der Waals surface area contributed by atoms with E-state index in [4.69, 9.17) is 25.4 Å². The number of sulfonamides is 2. The van der Waals surface area contributed by atoms with Gasteiger partial charge in [0, 0.05) is 24.3 Å². The number of carbonyl (C=O) groups excluding carboxylic acids is 1. The molecule has 19 heteroatoms. The third-order valence-electron chi connectivity index (χ3n) is 11.2. The summed E-state index contributed by atoms with van der Waals surface area (Å²) in [5.74, 6) is 1.35. The zero-order valence-corrected chi connectivity index (χ0v) is 37.6. The number of hydrogen-bond acceptors (Lipinski definition) is 13. The van der Waals surface area contributed by atoms with E-state index in [1.807, 2.05) is 20.8 Å². The van der Waals surface area contributed by atoms with Crippen molar-refractivity contribution in [3.63, 3.8) is 0 Å². The van der Waals surface area contributed by atoms with Gasteiger partial charge in [0.15, 0.2) is 11.6 Å². The van der Waals surface area contributed by atoms with Gasteiger partial charge >= 0.3 is 11.9 Å². The fourth-order valence-electron chi connectivity index (χ4n) is 8.20. The summed E-state index contributed by atoms with van der Waals surface area (Å²) in [5.41, 5.74) is -0.564. The number of alkyl halides is 1. The molecular weight excluding hydrogens is 824 g/mol. The Kier molecular flexibility index (Phi) is 20.0. The van der Waals surface area contributed by atoms with E-state index < -0.39 is 31.6 Å². The van der Waals surface area contributed by atoms with Crippen LogP contribution in [0.1, 0.15) is 184 Å². The average molecular weight is 892 g/mol. The van der Waals surface area contributed by atoms with E-state index in [2.05, 4.69) is 25.0 Å². The number of carboxylic acids is 1. The van der Waals surface area contributed by atoms with Gasteiger partial charge in [-0.1, -0.05) is 100 Å². The van der Waals surface area contributed by atoms with Crippen molar-refractivity contribution in [1.29, 1.82) is 0 Å². The zero-order valence-electron chi connectivity index (χ0n) is 35.2. The molecule has 59 heavy (non-hydrogen) atoms. The predicted molar refractivity (Wildman–Crippen MR) is 222 cm³/mol. The van der Waals surface area contributed by atoms with Crippen LogP contribution in [0.4, 0.5) is 0 Å². The summed E-state index contributed by atoms with van der Waals surface area (Å²) in [6.45, 7) is 6.01. The lowest BCUT2D eigenvalue weighted by atomic mass is 9.84. The van der Waals surface area contributed by atoms with Crippen LogP contribution in [-0.2, 0) is 47.5 Å². The number of aromatic nitrogens is 4. The first-order chi connectivity index (χ1) is 28.0. The largest absolute Gasteiger partial charge is 0.481 e. The normalized spacial score (nSPS) is 19.2. The van der Waals surface area contributed by atoms with E-state index >= 15 is 0 Å². The van der Waals surface area contributed by atoms with E-state index in [1.165, 1.54) is 68.5 Å². The van der Waals surface area contributed by atoms with Crippen molar-refractivity contribution >= 4 is 43.6 Å². The van der Waals surface area contributed by atoms with Crippen LogP contribution >= 0.6 is 11.6 Å². The Hall–Kier alpha value is -2.67. The van der Waals surface area contributed by atoms with Gasteiger partial charge in [-0.2, -0.15) is 14.3 Å². The maximum absolute atomic E-state index is 12.5. The second-order valence-corrected chi connectivity index (χ2v) is 21.8. The first kappa shape index (κ1) is 49.0. The number of rotatable bonds is 22. The smallest absolute Gasteiger partial charge is 0.307 e. The van der Waals surface area contributed by atoms with Gasteiger partial charge in [-0.05, 0) is 58.3 Å². The molecule has 2 aliphatic carbocycles. The van der Waals surface area contributed by atoms with Crippen LogP contribution < -0.4 is 4.72 Å². The number of carbonyl (C=O) groups is 2. The molecule has 3 aliphatic rings. The first-order valence-corrected chi connectivity index (χ1v) is 25.4. The minimum Gasteiger partial charge on any atom is -0.481 e. The van der Waals surface area contributed by atoms with Crippen molar-refractivity contribution in [2.45, 2.75) is 180 Å². The van der Waals surface area contributed by atoms with E-state index in [0.717, 1.165) is 43.9 Å². The van der Waals surface area contributed by atoms with Crippen molar-refractivity contribution < 1.29 is 45.3 Å². The molecule has 2 saturated carbocycles. The highest BCUT2D eigenvalue weighted by atomic mass is 35.5. The molecule has 2 aromatic heterocycles. The molecule has 1 saturated heterocycles. The summed E-state index contributed by atoms with van der Waals surface area (Å²) < 4.78 is 67.8. The molecule has 5 rings (SSSR count). The second-order valence-electron chi connectivity index (χ2n) is 17.4. The monoisotopic (exact) mass is 890 g/mol. The molecule has 1 aliphatic heterocycles. The van der Waals surface area contributed by atoms with Crippen molar-refractivity contribution in [1.82, 2.24) is 29.3 Å². The summed E-state index contributed by atoms with van der Waals surface area (Å²) in [4.78, 5) is 32.4. The quantitative estimate of drug-likeness (QED) is 0.0858. The van der Waals surface area contributed by atoms with Gasteiger partial charge in [0.25, 0.3) is 0 Å². The minimum atomic E-state index is -3.45. The number of ether oxygens (including phenoxy) is 1. The maximum atomic E-state index is 12.5. The van der Waals surface area contributed by atoms with E-state index in [9.17, 15) is 31.5 Å². The van der Waals surface area contributed by atoms with Gasteiger partial charge in [0.1, 0.15) is 5.60 Å². The highest BCUT2D eigenvalue weighted by Gasteiger charge is 2.31. The summed E-state index contributed by atoms with van der Waals surface area (Å²) in [6.07, 6.45) is 19.7. The molecule has 0 unspecified atom stereocenters. The van der Waals surface area contributed by atoms with Crippen molar-refractivity contribution in [2.24, 2.45) is 11.8 Å². The topological polar surface area (TPSA) is 225 Å². The average Bonchev–Trinajstić information content (AvgIpc) is 3.93. The molecule has 0 bridgehead atoms. The highest BCUT2D eigenvalue weighted by molar-refractivity contribution is 7.89. The first-order valence-electron chi connectivity index (χ1n) is 21.6. The number of nitrogens with zero attached hydrogens (tertiary/aromatic N) is 5. The Bertz CT molecular complexity index is 1790. The fraction of sp³-hybridized carbons (Fsp3) is 0.850. The van der Waals surface area contributed by atoms with Crippen LogP contribution in [0.15, 0.2) is 9.05 Å². The van der Waals surface area contributed by atoms with E-state index in [1.54, 1.807) is 0 Å². The zero-order chi connectivity index (χ0) is 42.9. The summed E-state index contributed by atoms with van der Waals surface area (Å²) in [7, 11) is -6.67. The summed E-state index contributed by atoms with van der Waals surface area (Å²) >= 11 is 5.57. The van der Waals surface area contributed by atoms with Crippen molar-refractivity contribution in [3.05, 3.63) is 23.4 Å². The standard InChI is InChI=1S/C22H38ClN3O5S.C18H29N3O5S/c1-22(2,3)30-20(27)15-18(12-7-11-17-9-5-4-6-10-17)21-25-19(26-31-21)16-24-32(28,29)14-8-13-23;22-17(23)12-15(9-4-8-14-6-2-1-3-7-14)18-19-16(20-26-18)13-21-10-5-11-27(21,24)25/h17-18,24H,4-16H2,1-3H3;14-15H,1-13H2,(H,22,23)/t18-;15-/m11/s1.